The average Bonchev–Trinajstić information content (AvgIpc) is 2.62. The van der Waals surface area contributed by atoms with Gasteiger partial charge in [0.15, 0.2) is 11.6 Å². The minimum atomic E-state index is -3.84. The van der Waals surface area contributed by atoms with E-state index in [-0.39, 0.29) is 12.1 Å². The molecule has 0 aliphatic heterocycles. The summed E-state index contributed by atoms with van der Waals surface area (Å²) >= 11 is 0. The topological polar surface area (TPSA) is 87.3 Å². The fourth-order valence-corrected chi connectivity index (χ4v) is 3.01. The molecule has 2 aromatic rings. The van der Waals surface area contributed by atoms with E-state index >= 15 is 0 Å². The molecule has 1 amide bonds. The van der Waals surface area contributed by atoms with Crippen LogP contribution in [0.15, 0.2) is 36.4 Å². The maximum absolute atomic E-state index is 14.0. The molecular weight excluding hydrogens is 407 g/mol. The first kappa shape index (κ1) is 22.3. The van der Waals surface area contributed by atoms with Gasteiger partial charge in [-0.3, -0.25) is 9.52 Å². The van der Waals surface area contributed by atoms with Gasteiger partial charge in [0.05, 0.1) is 6.26 Å². The second kappa shape index (κ2) is 9.46. The zero-order valence-electron chi connectivity index (χ0n) is 15.7. The maximum atomic E-state index is 14.0. The molecule has 0 saturated heterocycles. The molecule has 0 aliphatic carbocycles. The molecule has 3 N–H and O–H groups in total. The lowest BCUT2D eigenvalue weighted by Crippen LogP contribution is -2.21. The molecule has 0 saturated carbocycles. The summed E-state index contributed by atoms with van der Waals surface area (Å²) in [6.07, 6.45) is 3.46. The van der Waals surface area contributed by atoms with Crippen LogP contribution in [0.4, 0.5) is 24.5 Å². The fraction of sp³-hybridized carbons (Fsp3) is 0.211. The lowest BCUT2D eigenvalue weighted by Gasteiger charge is -2.10. The van der Waals surface area contributed by atoms with E-state index in [1.54, 1.807) is 4.72 Å². The molecule has 6 nitrogen and oxygen atoms in total. The molecule has 0 fully saturated rings. The third-order valence-corrected chi connectivity index (χ3v) is 4.23. The van der Waals surface area contributed by atoms with Crippen molar-refractivity contribution in [3.8, 4) is 0 Å². The van der Waals surface area contributed by atoms with Crippen LogP contribution in [0, 0.1) is 17.5 Å². The van der Waals surface area contributed by atoms with E-state index in [9.17, 15) is 26.4 Å². The van der Waals surface area contributed by atoms with Crippen LogP contribution in [0.5, 0.6) is 0 Å². The van der Waals surface area contributed by atoms with Gasteiger partial charge >= 0.3 is 0 Å². The first-order valence-corrected chi connectivity index (χ1v) is 10.4. The Kier molecular flexibility index (Phi) is 7.27. The van der Waals surface area contributed by atoms with Crippen LogP contribution in [0.1, 0.15) is 18.1 Å². The summed E-state index contributed by atoms with van der Waals surface area (Å²) in [7, 11) is -3.84. The molecule has 0 aromatic heterocycles. The zero-order chi connectivity index (χ0) is 21.6. The van der Waals surface area contributed by atoms with Gasteiger partial charge in [0, 0.05) is 24.9 Å². The fourth-order valence-electron chi connectivity index (χ4n) is 2.44. The molecule has 0 heterocycles. The number of anilines is 2. The van der Waals surface area contributed by atoms with Gasteiger partial charge < -0.3 is 10.6 Å². The van der Waals surface area contributed by atoms with E-state index in [0.29, 0.717) is 17.8 Å². The quantitative estimate of drug-likeness (QED) is 0.565. The van der Waals surface area contributed by atoms with Crippen LogP contribution in [0.25, 0.3) is 6.08 Å². The predicted molar refractivity (Wildman–Crippen MR) is 106 cm³/mol. The van der Waals surface area contributed by atoms with Gasteiger partial charge in [-0.15, -0.1) is 0 Å². The molecule has 10 heteroatoms. The van der Waals surface area contributed by atoms with E-state index in [2.05, 4.69) is 10.6 Å². The highest BCUT2D eigenvalue weighted by atomic mass is 32.2. The van der Waals surface area contributed by atoms with Crippen LogP contribution in [-0.4, -0.2) is 27.1 Å². The van der Waals surface area contributed by atoms with Crippen molar-refractivity contribution in [2.75, 3.05) is 22.8 Å². The standard InChI is InChI=1S/C19H20F3N3O3S/c1-3-23-17-10-14(20)6-4-13(17)5-7-18(26)24-11-12-8-15(21)19(16(22)9-12)25-29(2,27)28/h4-10,23,25H,3,11H2,1-2H3,(H,24,26)/b7-5-. The van der Waals surface area contributed by atoms with Crippen molar-refractivity contribution in [3.63, 3.8) is 0 Å². The molecule has 2 rings (SSSR count). The Hall–Kier alpha value is -3.01. The monoisotopic (exact) mass is 427 g/mol. The second-order valence-electron chi connectivity index (χ2n) is 6.12. The summed E-state index contributed by atoms with van der Waals surface area (Å²) in [6, 6.07) is 5.91. The first-order chi connectivity index (χ1) is 13.6. The summed E-state index contributed by atoms with van der Waals surface area (Å²) in [5.74, 6) is -3.15. The number of halogens is 3. The summed E-state index contributed by atoms with van der Waals surface area (Å²) < 4.78 is 65.3. The van der Waals surface area contributed by atoms with Crippen LogP contribution in [-0.2, 0) is 21.4 Å². The molecule has 0 unspecified atom stereocenters. The normalized spacial score (nSPS) is 11.5. The minimum Gasteiger partial charge on any atom is -0.385 e. The maximum Gasteiger partial charge on any atom is 0.244 e. The minimum absolute atomic E-state index is 0.107. The molecule has 0 bridgehead atoms. The smallest absolute Gasteiger partial charge is 0.244 e. The van der Waals surface area contributed by atoms with Gasteiger partial charge in [0.25, 0.3) is 0 Å². The van der Waals surface area contributed by atoms with E-state index in [0.717, 1.165) is 18.4 Å². The summed E-state index contributed by atoms with van der Waals surface area (Å²) in [6.45, 7) is 2.23. The third-order valence-electron chi connectivity index (χ3n) is 3.65. The van der Waals surface area contributed by atoms with Crippen molar-refractivity contribution in [3.05, 3.63) is 65.0 Å². The number of rotatable bonds is 8. The average molecular weight is 427 g/mol. The Morgan fingerprint density at radius 2 is 1.76 bits per heavy atom. The Morgan fingerprint density at radius 1 is 1.10 bits per heavy atom. The molecule has 0 atom stereocenters. The van der Waals surface area contributed by atoms with Crippen molar-refractivity contribution in [1.82, 2.24) is 5.32 Å². The second-order valence-corrected chi connectivity index (χ2v) is 7.87. The van der Waals surface area contributed by atoms with Crippen LogP contribution < -0.4 is 15.4 Å². The van der Waals surface area contributed by atoms with Crippen molar-refractivity contribution in [1.29, 1.82) is 0 Å². The first-order valence-electron chi connectivity index (χ1n) is 8.54. The summed E-state index contributed by atoms with van der Waals surface area (Å²) in [5, 5.41) is 5.44. The highest BCUT2D eigenvalue weighted by Crippen LogP contribution is 2.22. The number of hydrogen-bond acceptors (Lipinski definition) is 4. The Morgan fingerprint density at radius 3 is 2.34 bits per heavy atom. The number of sulfonamides is 1. The largest absolute Gasteiger partial charge is 0.385 e. The van der Waals surface area contributed by atoms with Crippen LogP contribution in [0.3, 0.4) is 0 Å². The lowest BCUT2D eigenvalue weighted by atomic mass is 10.1. The lowest BCUT2D eigenvalue weighted by molar-refractivity contribution is -0.116. The molecule has 0 aliphatic rings. The van der Waals surface area contributed by atoms with Crippen LogP contribution in [0.2, 0.25) is 0 Å². The molecule has 0 radical (unpaired) electrons. The predicted octanol–water partition coefficient (Wildman–Crippen LogP) is 3.24. The molecule has 0 spiro atoms. The summed E-state index contributed by atoms with van der Waals surface area (Å²) in [5.41, 5.74) is 0.442. The molecule has 2 aromatic carbocycles. The Labute approximate surface area is 166 Å². The van der Waals surface area contributed by atoms with Crippen molar-refractivity contribution in [2.45, 2.75) is 13.5 Å². The molecular formula is C19H20F3N3O3S. The number of carbonyl (C=O) groups excluding carboxylic acids is 1. The number of hydrogen-bond donors (Lipinski definition) is 3. The van der Waals surface area contributed by atoms with Gasteiger partial charge in [-0.1, -0.05) is 0 Å². The van der Waals surface area contributed by atoms with Crippen molar-refractivity contribution < 1.29 is 26.4 Å². The highest BCUT2D eigenvalue weighted by molar-refractivity contribution is 7.92. The highest BCUT2D eigenvalue weighted by Gasteiger charge is 2.15. The van der Waals surface area contributed by atoms with Gasteiger partial charge in [-0.05, 0) is 54.5 Å². The summed E-state index contributed by atoms with van der Waals surface area (Å²) in [4.78, 5) is 12.0. The van der Waals surface area contributed by atoms with E-state index in [4.69, 9.17) is 0 Å². The van der Waals surface area contributed by atoms with E-state index < -0.39 is 39.1 Å². The molecule has 29 heavy (non-hydrogen) atoms. The van der Waals surface area contributed by atoms with E-state index in [1.165, 1.54) is 30.4 Å². The number of carbonyl (C=O) groups is 1. The number of amides is 1. The number of nitrogens with one attached hydrogen (secondary N) is 3. The Bertz CT molecular complexity index is 1020. The van der Waals surface area contributed by atoms with E-state index in [1.807, 2.05) is 6.92 Å². The van der Waals surface area contributed by atoms with Crippen molar-refractivity contribution in [2.24, 2.45) is 0 Å². The van der Waals surface area contributed by atoms with Crippen LogP contribution >= 0.6 is 0 Å². The van der Waals surface area contributed by atoms with Crippen molar-refractivity contribution >= 4 is 33.4 Å². The Balaban J connectivity index is 2.05. The van der Waals surface area contributed by atoms with Gasteiger partial charge in [0.1, 0.15) is 11.5 Å². The zero-order valence-corrected chi connectivity index (χ0v) is 16.5. The van der Waals surface area contributed by atoms with Gasteiger partial charge in [0.2, 0.25) is 15.9 Å². The molecule has 156 valence electrons. The van der Waals surface area contributed by atoms with Gasteiger partial charge in [-0.2, -0.15) is 0 Å². The third kappa shape index (κ3) is 6.83. The SMILES string of the molecule is CCNc1cc(F)ccc1/C=C\C(=O)NCc1cc(F)c(NS(C)(=O)=O)c(F)c1. The van der Waals surface area contributed by atoms with Gasteiger partial charge in [-0.25, -0.2) is 21.6 Å². The number of benzene rings is 2.